The molecule has 0 unspecified atom stereocenters. The van der Waals surface area contributed by atoms with Crippen molar-refractivity contribution >= 4 is 28.5 Å². The average Bonchev–Trinajstić information content (AvgIpc) is 2.80. The van der Waals surface area contributed by atoms with E-state index in [2.05, 4.69) is 24.0 Å². The van der Waals surface area contributed by atoms with Gasteiger partial charge in [-0.3, -0.25) is 4.90 Å². The van der Waals surface area contributed by atoms with Crippen molar-refractivity contribution < 1.29 is 4.74 Å². The maximum absolute atomic E-state index is 5.56. The Morgan fingerprint density at radius 1 is 1.39 bits per heavy atom. The zero-order chi connectivity index (χ0) is 13.4. The van der Waals surface area contributed by atoms with Gasteiger partial charge in [-0.05, 0) is 18.6 Å². The van der Waals surface area contributed by atoms with E-state index in [9.17, 15) is 0 Å². The Hall–Kier alpha value is -0.490. The molecule has 3 nitrogen and oxygen atoms in total. The van der Waals surface area contributed by atoms with Gasteiger partial charge in [0.05, 0.1) is 11.6 Å². The van der Waals surface area contributed by atoms with Crippen LogP contribution in [-0.2, 0) is 17.7 Å². The zero-order valence-electron chi connectivity index (χ0n) is 11.1. The predicted molar refractivity (Wildman–Crippen MR) is 82.3 cm³/mol. The molecule has 0 saturated heterocycles. The molecule has 102 valence electrons. The van der Waals surface area contributed by atoms with E-state index in [1.54, 1.807) is 7.11 Å². The van der Waals surface area contributed by atoms with E-state index >= 15 is 0 Å². The molecule has 1 heterocycles. The van der Waals surface area contributed by atoms with Crippen LogP contribution in [0.15, 0.2) is 12.1 Å². The molecule has 18 heavy (non-hydrogen) atoms. The number of thiophene rings is 1. The number of rotatable bonds is 9. The van der Waals surface area contributed by atoms with Crippen molar-refractivity contribution in [1.82, 2.24) is 4.90 Å². The fraction of sp³-hybridized carbons (Fsp3) is 0.615. The maximum atomic E-state index is 5.56. The monoisotopic (exact) mass is 286 g/mol. The minimum atomic E-state index is 0.581. The molecule has 0 saturated carbocycles. The van der Waals surface area contributed by atoms with Crippen molar-refractivity contribution in [2.24, 2.45) is 5.73 Å². The van der Waals surface area contributed by atoms with Gasteiger partial charge in [-0.1, -0.05) is 19.1 Å². The highest BCUT2D eigenvalue weighted by Gasteiger charge is 2.08. The smallest absolute Gasteiger partial charge is 0.0740 e. The first kappa shape index (κ1) is 15.6. The van der Waals surface area contributed by atoms with Gasteiger partial charge in [0.15, 0.2) is 0 Å². The maximum Gasteiger partial charge on any atom is 0.0740 e. The molecule has 2 N–H and O–H groups in total. The minimum Gasteiger partial charge on any atom is -0.393 e. The van der Waals surface area contributed by atoms with Gasteiger partial charge in [0.25, 0.3) is 0 Å². The van der Waals surface area contributed by atoms with E-state index in [1.807, 2.05) is 11.3 Å². The van der Waals surface area contributed by atoms with Gasteiger partial charge in [0.1, 0.15) is 0 Å². The van der Waals surface area contributed by atoms with Crippen LogP contribution < -0.4 is 5.73 Å². The molecule has 1 aromatic rings. The second-order valence-electron chi connectivity index (χ2n) is 4.21. The molecule has 0 bridgehead atoms. The highest BCUT2D eigenvalue weighted by atomic mass is 32.1. The molecule has 0 aromatic carbocycles. The third-order valence-corrected chi connectivity index (χ3v) is 4.15. The molecule has 0 radical (unpaired) electrons. The predicted octanol–water partition coefficient (Wildman–Crippen LogP) is 2.44. The first-order valence-corrected chi connectivity index (χ1v) is 7.45. The van der Waals surface area contributed by atoms with Crippen LogP contribution in [-0.4, -0.2) is 36.7 Å². The second kappa shape index (κ2) is 8.58. The van der Waals surface area contributed by atoms with Gasteiger partial charge < -0.3 is 10.5 Å². The Balaban J connectivity index is 2.50. The molecule has 5 heteroatoms. The summed E-state index contributed by atoms with van der Waals surface area (Å²) in [5.41, 5.74) is 5.56. The molecule has 0 fully saturated rings. The Morgan fingerprint density at radius 2 is 2.11 bits per heavy atom. The first-order valence-electron chi connectivity index (χ1n) is 6.23. The third kappa shape index (κ3) is 5.91. The summed E-state index contributed by atoms with van der Waals surface area (Å²) in [7, 11) is 1.73. The van der Waals surface area contributed by atoms with Crippen LogP contribution in [0.25, 0.3) is 0 Å². The van der Waals surface area contributed by atoms with E-state index in [-0.39, 0.29) is 0 Å². The van der Waals surface area contributed by atoms with Gasteiger partial charge >= 0.3 is 0 Å². The molecule has 1 aromatic heterocycles. The summed E-state index contributed by atoms with van der Waals surface area (Å²) in [6, 6.07) is 4.42. The Bertz CT molecular complexity index is 366. The topological polar surface area (TPSA) is 38.5 Å². The quantitative estimate of drug-likeness (QED) is 0.708. The molecule has 0 aliphatic carbocycles. The highest BCUT2D eigenvalue weighted by Crippen LogP contribution is 2.18. The lowest BCUT2D eigenvalue weighted by Crippen LogP contribution is -2.30. The lowest BCUT2D eigenvalue weighted by molar-refractivity contribution is 0.146. The average molecular weight is 286 g/mol. The normalized spacial score (nSPS) is 11.1. The Labute approximate surface area is 119 Å². The van der Waals surface area contributed by atoms with Gasteiger partial charge in [-0.2, -0.15) is 0 Å². The van der Waals surface area contributed by atoms with Crippen LogP contribution >= 0.6 is 23.6 Å². The largest absolute Gasteiger partial charge is 0.393 e. The summed E-state index contributed by atoms with van der Waals surface area (Å²) >= 11 is 6.82. The fourth-order valence-electron chi connectivity index (χ4n) is 1.68. The fourth-order valence-corrected chi connectivity index (χ4v) is 2.77. The number of nitrogens with zero attached hydrogens (tertiary/aromatic N) is 1. The number of aryl methyl sites for hydroxylation is 1. The molecular weight excluding hydrogens is 264 g/mol. The summed E-state index contributed by atoms with van der Waals surface area (Å²) in [5, 5.41) is 0. The number of thiocarbonyl (C=S) groups is 1. The van der Waals surface area contributed by atoms with Crippen LogP contribution in [0, 0.1) is 0 Å². The van der Waals surface area contributed by atoms with E-state index in [0.717, 1.165) is 39.1 Å². The van der Waals surface area contributed by atoms with E-state index < -0.39 is 0 Å². The van der Waals surface area contributed by atoms with Crippen molar-refractivity contribution in [3.8, 4) is 0 Å². The van der Waals surface area contributed by atoms with Crippen molar-refractivity contribution in [3.63, 3.8) is 0 Å². The van der Waals surface area contributed by atoms with Gasteiger partial charge in [-0.15, -0.1) is 11.3 Å². The summed E-state index contributed by atoms with van der Waals surface area (Å²) in [6.45, 7) is 5.70. The molecule has 1 rings (SSSR count). The van der Waals surface area contributed by atoms with Crippen LogP contribution in [0.5, 0.6) is 0 Å². The number of methoxy groups -OCH3 is 1. The van der Waals surface area contributed by atoms with Crippen LogP contribution in [0.2, 0.25) is 0 Å². The summed E-state index contributed by atoms with van der Waals surface area (Å²) in [4.78, 5) is 5.75. The van der Waals surface area contributed by atoms with Gasteiger partial charge in [0, 0.05) is 42.9 Å². The summed E-state index contributed by atoms with van der Waals surface area (Å²) in [6.07, 6.45) is 1.88. The molecule has 0 aliphatic heterocycles. The van der Waals surface area contributed by atoms with E-state index in [1.165, 1.54) is 9.75 Å². The van der Waals surface area contributed by atoms with Crippen molar-refractivity contribution in [1.29, 1.82) is 0 Å². The second-order valence-corrected chi connectivity index (χ2v) is 5.98. The number of hydrogen-bond donors (Lipinski definition) is 1. The molecular formula is C13H22N2OS2. The van der Waals surface area contributed by atoms with Crippen LogP contribution in [0.4, 0.5) is 0 Å². The van der Waals surface area contributed by atoms with Crippen molar-refractivity contribution in [3.05, 3.63) is 21.9 Å². The lowest BCUT2D eigenvalue weighted by atomic mass is 10.3. The van der Waals surface area contributed by atoms with E-state index in [0.29, 0.717) is 4.99 Å². The zero-order valence-corrected chi connectivity index (χ0v) is 12.8. The van der Waals surface area contributed by atoms with Gasteiger partial charge in [-0.25, -0.2) is 0 Å². The van der Waals surface area contributed by atoms with Gasteiger partial charge in [0.2, 0.25) is 0 Å². The third-order valence-electron chi connectivity index (χ3n) is 2.73. The first-order chi connectivity index (χ1) is 8.65. The molecule has 0 aliphatic rings. The number of hydrogen-bond acceptors (Lipinski definition) is 4. The molecule has 0 spiro atoms. The molecule has 0 atom stereocenters. The lowest BCUT2D eigenvalue weighted by Gasteiger charge is -2.20. The van der Waals surface area contributed by atoms with Crippen LogP contribution in [0.3, 0.4) is 0 Å². The SMILES string of the molecule is CCc1ccc(CN(CCOC)CCC(N)=S)s1. The molecule has 0 amide bonds. The summed E-state index contributed by atoms with van der Waals surface area (Å²) < 4.78 is 5.14. The Morgan fingerprint density at radius 3 is 2.67 bits per heavy atom. The standard InChI is InChI=1S/C13H22N2OS2/c1-3-11-4-5-12(18-11)10-15(8-9-16-2)7-6-13(14)17/h4-5H,3,6-10H2,1-2H3,(H2,14,17). The highest BCUT2D eigenvalue weighted by molar-refractivity contribution is 7.80. The number of ether oxygens (including phenoxy) is 1. The minimum absolute atomic E-state index is 0.581. The van der Waals surface area contributed by atoms with Crippen molar-refractivity contribution in [2.75, 3.05) is 26.8 Å². The summed E-state index contributed by atoms with van der Waals surface area (Å²) in [5.74, 6) is 0. The Kier molecular flexibility index (Phi) is 7.42. The number of nitrogens with two attached hydrogens (primary N) is 1. The van der Waals surface area contributed by atoms with Crippen molar-refractivity contribution in [2.45, 2.75) is 26.3 Å². The van der Waals surface area contributed by atoms with Crippen LogP contribution in [0.1, 0.15) is 23.1 Å². The van der Waals surface area contributed by atoms with E-state index in [4.69, 9.17) is 22.7 Å².